The lowest BCUT2D eigenvalue weighted by Gasteiger charge is -2.18. The van der Waals surface area contributed by atoms with E-state index in [4.69, 9.17) is 14.2 Å². The van der Waals surface area contributed by atoms with Gasteiger partial charge in [0.1, 0.15) is 13.2 Å². The summed E-state index contributed by atoms with van der Waals surface area (Å²) in [6.45, 7) is 6.31. The molecule has 0 N–H and O–H groups in total. The van der Waals surface area contributed by atoms with E-state index in [9.17, 15) is 14.4 Å². The van der Waals surface area contributed by atoms with E-state index in [-0.39, 0.29) is 31.6 Å². The number of carbonyl (C=O) groups is 3. The average Bonchev–Trinajstić information content (AvgIpc) is 3.45. The predicted octanol–water partition coefficient (Wildman–Crippen LogP) is 22.1. The summed E-state index contributed by atoms with van der Waals surface area (Å²) in [5, 5.41) is 0. The van der Waals surface area contributed by atoms with E-state index < -0.39 is 12.1 Å². The number of rotatable bonds is 56. The van der Waals surface area contributed by atoms with E-state index in [1.54, 1.807) is 6.08 Å². The first-order chi connectivity index (χ1) is 39.0. The Morgan fingerprint density at radius 1 is 0.278 bits per heavy atom. The van der Waals surface area contributed by atoms with Crippen molar-refractivity contribution in [2.24, 2.45) is 0 Å². The Morgan fingerprint density at radius 2 is 0.544 bits per heavy atom. The molecule has 0 aromatic rings. The van der Waals surface area contributed by atoms with Crippen LogP contribution in [-0.4, -0.2) is 37.2 Å². The highest BCUT2D eigenvalue weighted by atomic mass is 16.6. The molecule has 0 fully saturated rings. The third kappa shape index (κ3) is 63.7. The van der Waals surface area contributed by atoms with Crippen LogP contribution in [0.4, 0.5) is 0 Å². The highest BCUT2D eigenvalue weighted by Crippen LogP contribution is 2.14. The van der Waals surface area contributed by atoms with E-state index in [2.05, 4.69) is 167 Å². The molecule has 0 bridgehead atoms. The van der Waals surface area contributed by atoms with Crippen LogP contribution in [-0.2, 0) is 28.6 Å². The summed E-state index contributed by atoms with van der Waals surface area (Å²) in [6, 6.07) is 0. The summed E-state index contributed by atoms with van der Waals surface area (Å²) in [7, 11) is 0. The maximum atomic E-state index is 12.9. The van der Waals surface area contributed by atoms with Crippen molar-refractivity contribution in [3.8, 4) is 0 Å². The van der Waals surface area contributed by atoms with Gasteiger partial charge in [-0.2, -0.15) is 0 Å². The van der Waals surface area contributed by atoms with Crippen molar-refractivity contribution in [3.05, 3.63) is 158 Å². The number of carbonyl (C=O) groups excluding carboxylic acids is 3. The fourth-order valence-corrected chi connectivity index (χ4v) is 8.31. The molecule has 0 aromatic heterocycles. The van der Waals surface area contributed by atoms with Crippen molar-refractivity contribution in [1.82, 2.24) is 0 Å². The van der Waals surface area contributed by atoms with E-state index in [0.29, 0.717) is 12.8 Å². The van der Waals surface area contributed by atoms with Crippen molar-refractivity contribution in [1.29, 1.82) is 0 Å². The second-order valence-corrected chi connectivity index (χ2v) is 20.6. The summed E-state index contributed by atoms with van der Waals surface area (Å²) in [5.41, 5.74) is 0. The summed E-state index contributed by atoms with van der Waals surface area (Å²) in [6.07, 6.45) is 95.6. The summed E-state index contributed by atoms with van der Waals surface area (Å²) in [5.74, 6) is -1.07. The lowest BCUT2D eigenvalue weighted by molar-refractivity contribution is -0.166. The van der Waals surface area contributed by atoms with Crippen molar-refractivity contribution in [2.45, 2.75) is 271 Å². The molecule has 0 saturated heterocycles. The molecule has 6 heteroatoms. The predicted molar refractivity (Wildman–Crippen MR) is 343 cm³/mol. The number of unbranched alkanes of at least 4 members (excludes halogenated alkanes) is 20. The van der Waals surface area contributed by atoms with Gasteiger partial charge in [-0.25, -0.2) is 0 Å². The van der Waals surface area contributed by atoms with E-state index in [1.807, 2.05) is 6.08 Å². The molecule has 0 heterocycles. The van der Waals surface area contributed by atoms with Crippen molar-refractivity contribution >= 4 is 17.9 Å². The van der Waals surface area contributed by atoms with E-state index >= 15 is 0 Å². The van der Waals surface area contributed by atoms with E-state index in [1.165, 1.54) is 96.3 Å². The number of allylic oxidation sites excluding steroid dienone is 25. The van der Waals surface area contributed by atoms with Crippen LogP contribution >= 0.6 is 0 Å². The Morgan fingerprint density at radius 3 is 0.899 bits per heavy atom. The molecule has 0 aliphatic rings. The maximum Gasteiger partial charge on any atom is 0.309 e. The van der Waals surface area contributed by atoms with Crippen LogP contribution in [0.5, 0.6) is 0 Å². The monoisotopic (exact) mass is 1090 g/mol. The van der Waals surface area contributed by atoms with Gasteiger partial charge in [0.2, 0.25) is 0 Å². The smallest absolute Gasteiger partial charge is 0.309 e. The first-order valence-corrected chi connectivity index (χ1v) is 32.0. The van der Waals surface area contributed by atoms with Crippen LogP contribution in [0, 0.1) is 0 Å². The van der Waals surface area contributed by atoms with Crippen molar-refractivity contribution in [2.75, 3.05) is 13.2 Å². The summed E-state index contributed by atoms with van der Waals surface area (Å²) in [4.78, 5) is 38.2. The minimum atomic E-state index is -0.833. The quantitative estimate of drug-likeness (QED) is 0.0261. The fourth-order valence-electron chi connectivity index (χ4n) is 8.31. The van der Waals surface area contributed by atoms with Gasteiger partial charge < -0.3 is 14.2 Å². The Balaban J connectivity index is 4.44. The molecule has 1 atom stereocenters. The zero-order valence-corrected chi connectivity index (χ0v) is 50.8. The van der Waals surface area contributed by atoms with Crippen molar-refractivity contribution < 1.29 is 28.6 Å². The fraction of sp³-hybridized carbons (Fsp3) is 0.603. The maximum absolute atomic E-state index is 12.9. The van der Waals surface area contributed by atoms with E-state index in [0.717, 1.165) is 128 Å². The summed E-state index contributed by atoms with van der Waals surface area (Å²) < 4.78 is 16.8. The zero-order chi connectivity index (χ0) is 57.1. The highest BCUT2D eigenvalue weighted by Gasteiger charge is 2.19. The third-order valence-corrected chi connectivity index (χ3v) is 13.0. The van der Waals surface area contributed by atoms with Gasteiger partial charge in [-0.3, -0.25) is 14.4 Å². The van der Waals surface area contributed by atoms with Crippen LogP contribution in [0.2, 0.25) is 0 Å². The molecule has 0 amide bonds. The van der Waals surface area contributed by atoms with Crippen LogP contribution < -0.4 is 0 Å². The molecular formula is C73H116O6. The second-order valence-electron chi connectivity index (χ2n) is 20.6. The summed E-state index contributed by atoms with van der Waals surface area (Å²) >= 11 is 0. The van der Waals surface area contributed by atoms with Gasteiger partial charge in [0.15, 0.2) is 6.10 Å². The molecule has 0 aliphatic heterocycles. The lowest BCUT2D eigenvalue weighted by Crippen LogP contribution is -2.30. The molecule has 6 nitrogen and oxygen atoms in total. The lowest BCUT2D eigenvalue weighted by atomic mass is 10.1. The van der Waals surface area contributed by atoms with Gasteiger partial charge in [0.05, 0.1) is 6.42 Å². The Hall–Kier alpha value is -4.97. The zero-order valence-electron chi connectivity index (χ0n) is 50.8. The first kappa shape index (κ1) is 74.0. The Bertz CT molecular complexity index is 1780. The van der Waals surface area contributed by atoms with Gasteiger partial charge in [0, 0.05) is 12.8 Å². The Labute approximate surface area is 486 Å². The molecule has 0 aromatic carbocycles. The minimum Gasteiger partial charge on any atom is -0.462 e. The van der Waals surface area contributed by atoms with Gasteiger partial charge in [0.25, 0.3) is 0 Å². The van der Waals surface area contributed by atoms with Crippen LogP contribution in [0.3, 0.4) is 0 Å². The average molecular weight is 1090 g/mol. The third-order valence-electron chi connectivity index (χ3n) is 13.0. The van der Waals surface area contributed by atoms with Crippen molar-refractivity contribution in [3.63, 3.8) is 0 Å². The molecule has 0 aliphatic carbocycles. The number of hydrogen-bond acceptors (Lipinski definition) is 6. The number of ether oxygens (including phenoxy) is 3. The number of esters is 3. The van der Waals surface area contributed by atoms with Gasteiger partial charge in [-0.1, -0.05) is 275 Å². The number of hydrogen-bond donors (Lipinski definition) is 0. The SMILES string of the molecule is CC/C=C\C/C=C\C/C=C\C/C=C\C/C=C\C/C=C\C/C=C\CCCCCCCCCC(=O)OCC(COC(=O)C/C=C\C/C=C\C/C=C\C/C=C\C/C=C\CC)OC(=O)CCCCCCCCC/C=C\CCCCCCCC. The topological polar surface area (TPSA) is 78.9 Å². The Kier molecular flexibility index (Phi) is 61.4. The first-order valence-electron chi connectivity index (χ1n) is 32.0. The molecule has 1 unspecified atom stereocenters. The molecule has 0 spiro atoms. The standard InChI is InChI=1S/C73H116O6/c1-4-7-10-13-16-19-22-25-28-30-31-32-33-34-35-36-37-38-39-40-41-43-45-48-51-54-57-60-63-66-72(75)78-69-70(68-77-71(74)65-62-59-56-53-50-47-44-27-24-21-18-15-12-9-6-3)79-73(76)67-64-61-58-55-52-49-46-42-29-26-23-20-17-14-11-8-5-2/h7,9-10,12,16,18-19,21,25-29,31-32,34-35,37-38,40-41,44,50,53,59,62,70H,4-6,8,11,13-15,17,20,22-24,30,33,36,39,42-43,45-49,51-52,54-58,60-61,63-69H2,1-3H3/b10-7-,12-9-,19-16-,21-18-,28-25-,29-26-,32-31-,35-34-,38-37-,41-40-,44-27-,53-50-,62-59-. The second kappa shape index (κ2) is 65.5. The van der Waals surface area contributed by atoms with Gasteiger partial charge in [-0.15, -0.1) is 0 Å². The molecule has 0 rings (SSSR count). The largest absolute Gasteiger partial charge is 0.462 e. The minimum absolute atomic E-state index is 0.118. The molecular weight excluding hydrogens is 973 g/mol. The van der Waals surface area contributed by atoms with Gasteiger partial charge in [-0.05, 0) is 128 Å². The molecule has 444 valence electrons. The van der Waals surface area contributed by atoms with Crippen LogP contribution in [0.1, 0.15) is 265 Å². The molecule has 79 heavy (non-hydrogen) atoms. The molecule has 0 radical (unpaired) electrons. The van der Waals surface area contributed by atoms with Crippen LogP contribution in [0.25, 0.3) is 0 Å². The normalized spacial score (nSPS) is 13.2. The van der Waals surface area contributed by atoms with Crippen LogP contribution in [0.15, 0.2) is 158 Å². The molecule has 0 saturated carbocycles. The van der Waals surface area contributed by atoms with Gasteiger partial charge >= 0.3 is 17.9 Å². The highest BCUT2D eigenvalue weighted by molar-refractivity contribution is 5.72.